The van der Waals surface area contributed by atoms with E-state index in [1.165, 1.54) is 28.9 Å². The van der Waals surface area contributed by atoms with Crippen LogP contribution in [0, 0.1) is 10.1 Å². The highest BCUT2D eigenvalue weighted by atomic mass is 16.6. The largest absolute Gasteiger partial charge is 0.539 e. The minimum atomic E-state index is -0.497. The number of hydrogen-bond acceptors (Lipinski definition) is 5. The Morgan fingerprint density at radius 1 is 1.33 bits per heavy atom. The summed E-state index contributed by atoms with van der Waals surface area (Å²) in [5.41, 5.74) is 0.940. The van der Waals surface area contributed by atoms with Crippen LogP contribution in [-0.4, -0.2) is 10.2 Å². The van der Waals surface area contributed by atoms with Crippen LogP contribution < -0.4 is 9.79 Å². The minimum Gasteiger partial charge on any atom is -0.539 e. The molecule has 0 unspecified atom stereocenters. The summed E-state index contributed by atoms with van der Waals surface area (Å²) in [6.07, 6.45) is 0. The summed E-state index contributed by atoms with van der Waals surface area (Å²) < 4.78 is 5.97. The van der Waals surface area contributed by atoms with E-state index >= 15 is 0 Å². The second-order valence-electron chi connectivity index (χ2n) is 4.09. The van der Waals surface area contributed by atoms with Gasteiger partial charge in [-0.25, -0.2) is 0 Å². The molecule has 0 amide bonds. The molecule has 0 saturated heterocycles. The Morgan fingerprint density at radius 3 is 2.44 bits per heavy atom. The number of aromatic nitrogens is 2. The highest BCUT2D eigenvalue weighted by Gasteiger charge is 2.23. The molecule has 7 nitrogen and oxygen atoms in total. The molecule has 18 heavy (non-hydrogen) atoms. The van der Waals surface area contributed by atoms with Gasteiger partial charge in [-0.15, -0.1) is 0 Å². The second-order valence-corrected chi connectivity index (χ2v) is 4.09. The van der Waals surface area contributed by atoms with Gasteiger partial charge in [-0.3, -0.25) is 10.1 Å². The molecular weight excluding hydrogens is 238 g/mol. The molecule has 0 aliphatic heterocycles. The first-order valence-electron chi connectivity index (χ1n) is 5.34. The molecule has 0 radical (unpaired) electrons. The van der Waals surface area contributed by atoms with Gasteiger partial charge in [0, 0.05) is 30.2 Å². The standard InChI is InChI=1S/C11H11N3O4/c1-7(2)10-11(15)18-12-13(10)8-3-5-9(6-4-8)14(16)17/h3-7H,1-2H3. The number of non-ortho nitro benzene ring substituents is 1. The van der Waals surface area contributed by atoms with Crippen molar-refractivity contribution in [3.8, 4) is 11.6 Å². The van der Waals surface area contributed by atoms with Gasteiger partial charge < -0.3 is 9.63 Å². The van der Waals surface area contributed by atoms with E-state index in [9.17, 15) is 15.2 Å². The van der Waals surface area contributed by atoms with Crippen molar-refractivity contribution in [2.45, 2.75) is 19.8 Å². The van der Waals surface area contributed by atoms with Crippen LogP contribution in [0.1, 0.15) is 25.5 Å². The van der Waals surface area contributed by atoms with Crippen molar-refractivity contribution in [2.75, 3.05) is 0 Å². The molecule has 2 aromatic rings. The Hall–Kier alpha value is -2.44. The lowest BCUT2D eigenvalue weighted by molar-refractivity contribution is -0.678. The second kappa shape index (κ2) is 4.44. The number of benzene rings is 1. The third-order valence-corrected chi connectivity index (χ3v) is 2.49. The molecule has 0 atom stereocenters. The summed E-state index contributed by atoms with van der Waals surface area (Å²) in [5, 5.41) is 25.7. The number of nitro benzene ring substituents is 1. The maximum absolute atomic E-state index is 11.5. The molecule has 0 aliphatic rings. The molecular formula is C11H11N3O4. The minimum absolute atomic E-state index is 0.0173. The molecule has 1 aromatic heterocycles. The van der Waals surface area contributed by atoms with Crippen LogP contribution in [0.3, 0.4) is 0 Å². The fourth-order valence-electron chi connectivity index (χ4n) is 1.64. The zero-order valence-electron chi connectivity index (χ0n) is 9.86. The van der Waals surface area contributed by atoms with Gasteiger partial charge in [-0.05, 0) is 4.68 Å². The van der Waals surface area contributed by atoms with Gasteiger partial charge in [0.05, 0.1) is 10.2 Å². The predicted octanol–water partition coefficient (Wildman–Crippen LogP) is 1.06. The fourth-order valence-corrected chi connectivity index (χ4v) is 1.64. The van der Waals surface area contributed by atoms with Crippen LogP contribution >= 0.6 is 0 Å². The first kappa shape index (κ1) is 12.0. The molecule has 0 fully saturated rings. The van der Waals surface area contributed by atoms with Gasteiger partial charge in [0.2, 0.25) is 11.4 Å². The third kappa shape index (κ3) is 2.02. The van der Waals surface area contributed by atoms with Gasteiger partial charge in [-0.1, -0.05) is 13.8 Å². The molecule has 1 aromatic carbocycles. The topological polar surface area (TPSA) is 96.1 Å². The Balaban J connectivity index is 2.46. The van der Waals surface area contributed by atoms with Crippen molar-refractivity contribution < 1.29 is 19.2 Å². The van der Waals surface area contributed by atoms with Gasteiger partial charge in [0.15, 0.2) is 5.95 Å². The summed E-state index contributed by atoms with van der Waals surface area (Å²) in [6, 6.07) is 5.75. The Bertz CT molecular complexity index is 574. The SMILES string of the molecule is CC(C)c1c([O-])on[n+]1-c1ccc([N+](=O)[O-])cc1. The zero-order chi connectivity index (χ0) is 13.3. The number of nitro groups is 1. The molecule has 0 aliphatic carbocycles. The average Bonchev–Trinajstić information content (AvgIpc) is 2.71. The summed E-state index contributed by atoms with van der Waals surface area (Å²) in [4.78, 5) is 10.1. The molecule has 0 N–H and O–H groups in total. The quantitative estimate of drug-likeness (QED) is 0.460. The van der Waals surface area contributed by atoms with Crippen LogP contribution in [0.4, 0.5) is 5.69 Å². The lowest BCUT2D eigenvalue weighted by Gasteiger charge is -2.00. The van der Waals surface area contributed by atoms with E-state index in [0.29, 0.717) is 11.4 Å². The van der Waals surface area contributed by atoms with Crippen molar-refractivity contribution in [1.29, 1.82) is 0 Å². The van der Waals surface area contributed by atoms with Crippen molar-refractivity contribution in [1.82, 2.24) is 5.27 Å². The molecule has 94 valence electrons. The van der Waals surface area contributed by atoms with Gasteiger partial charge >= 0.3 is 0 Å². The Morgan fingerprint density at radius 2 is 1.94 bits per heavy atom. The molecule has 1 heterocycles. The highest BCUT2D eigenvalue weighted by Crippen LogP contribution is 2.20. The molecule has 0 spiro atoms. The Labute approximate surface area is 102 Å². The van der Waals surface area contributed by atoms with E-state index in [0.717, 1.165) is 0 Å². The maximum atomic E-state index is 11.5. The number of hydrogen-bond donors (Lipinski definition) is 0. The van der Waals surface area contributed by atoms with E-state index in [1.807, 2.05) is 13.8 Å². The van der Waals surface area contributed by atoms with Crippen molar-refractivity contribution >= 4 is 5.69 Å². The first-order chi connectivity index (χ1) is 8.50. The van der Waals surface area contributed by atoms with Crippen LogP contribution in [0.5, 0.6) is 5.95 Å². The monoisotopic (exact) mass is 249 g/mol. The number of nitrogens with zero attached hydrogens (tertiary/aromatic N) is 3. The summed E-state index contributed by atoms with van der Waals surface area (Å²) in [6.45, 7) is 3.69. The van der Waals surface area contributed by atoms with E-state index in [1.54, 1.807) is 0 Å². The third-order valence-electron chi connectivity index (χ3n) is 2.49. The lowest BCUT2D eigenvalue weighted by Crippen LogP contribution is -2.37. The van der Waals surface area contributed by atoms with Gasteiger partial charge in [0.1, 0.15) is 0 Å². The summed E-state index contributed by atoms with van der Waals surface area (Å²) in [7, 11) is 0. The van der Waals surface area contributed by atoms with Crippen LogP contribution in [-0.2, 0) is 0 Å². The molecule has 0 bridgehead atoms. The van der Waals surface area contributed by atoms with Crippen molar-refractivity contribution in [3.63, 3.8) is 0 Å². The van der Waals surface area contributed by atoms with E-state index < -0.39 is 10.9 Å². The van der Waals surface area contributed by atoms with Crippen molar-refractivity contribution in [3.05, 3.63) is 40.1 Å². The smallest absolute Gasteiger partial charge is 0.269 e. The fraction of sp³-hybridized carbons (Fsp3) is 0.273. The van der Waals surface area contributed by atoms with Gasteiger partial charge in [0.25, 0.3) is 5.69 Å². The molecule has 2 rings (SSSR count). The van der Waals surface area contributed by atoms with Crippen LogP contribution in [0.15, 0.2) is 28.8 Å². The number of rotatable bonds is 3. The van der Waals surface area contributed by atoms with E-state index in [2.05, 4.69) is 9.79 Å². The zero-order valence-corrected chi connectivity index (χ0v) is 9.86. The average molecular weight is 249 g/mol. The molecule has 0 saturated carbocycles. The van der Waals surface area contributed by atoms with Crippen LogP contribution in [0.2, 0.25) is 0 Å². The predicted molar refractivity (Wildman–Crippen MR) is 58.2 cm³/mol. The molecule has 7 heteroatoms. The summed E-state index contributed by atoms with van der Waals surface area (Å²) >= 11 is 0. The normalized spacial score (nSPS) is 10.8. The first-order valence-corrected chi connectivity index (χ1v) is 5.34. The van der Waals surface area contributed by atoms with Gasteiger partial charge in [-0.2, -0.15) is 0 Å². The Kier molecular flexibility index (Phi) is 2.97. The lowest BCUT2D eigenvalue weighted by atomic mass is 10.1. The maximum Gasteiger partial charge on any atom is 0.269 e. The summed E-state index contributed by atoms with van der Waals surface area (Å²) in [5.74, 6) is -0.553. The van der Waals surface area contributed by atoms with Crippen molar-refractivity contribution in [2.24, 2.45) is 0 Å². The highest BCUT2D eigenvalue weighted by molar-refractivity contribution is 5.36. The van der Waals surface area contributed by atoms with E-state index in [4.69, 9.17) is 0 Å². The van der Waals surface area contributed by atoms with E-state index in [-0.39, 0.29) is 11.6 Å². The van der Waals surface area contributed by atoms with Crippen LogP contribution in [0.25, 0.3) is 5.69 Å².